The molecule has 3 rings (SSSR count). The fraction of sp³-hybridized carbons (Fsp3) is 0.350. The van der Waals surface area contributed by atoms with Gasteiger partial charge in [-0.3, -0.25) is 4.79 Å². The molecule has 1 unspecified atom stereocenters. The zero-order valence-electron chi connectivity index (χ0n) is 15.3. The van der Waals surface area contributed by atoms with Gasteiger partial charge < -0.3 is 5.32 Å². The highest BCUT2D eigenvalue weighted by atomic mass is 32.2. The number of carbonyl (C=O) groups is 1. The molecule has 26 heavy (non-hydrogen) atoms. The molecule has 0 spiro atoms. The summed E-state index contributed by atoms with van der Waals surface area (Å²) < 4.78 is 25.5. The molecular weight excluding hydrogens is 348 g/mol. The molecule has 1 aliphatic rings. The largest absolute Gasteiger partial charge is 0.349 e. The Morgan fingerprint density at radius 1 is 1.04 bits per heavy atom. The summed E-state index contributed by atoms with van der Waals surface area (Å²) >= 11 is 0. The minimum atomic E-state index is -3.45. The van der Waals surface area contributed by atoms with Gasteiger partial charge in [-0.2, -0.15) is 0 Å². The van der Waals surface area contributed by atoms with Crippen molar-refractivity contribution in [3.63, 3.8) is 0 Å². The Morgan fingerprint density at radius 3 is 2.12 bits per heavy atom. The normalized spacial score (nSPS) is 16.9. The van der Waals surface area contributed by atoms with Crippen molar-refractivity contribution in [2.24, 2.45) is 0 Å². The minimum absolute atomic E-state index is 0.0289. The second kappa shape index (κ2) is 6.85. The molecule has 1 saturated carbocycles. The molecule has 0 radical (unpaired) electrons. The third-order valence-corrected chi connectivity index (χ3v) is 6.85. The monoisotopic (exact) mass is 372 g/mol. The molecule has 0 heterocycles. The lowest BCUT2D eigenvalue weighted by Crippen LogP contribution is -2.36. The zero-order chi connectivity index (χ0) is 18.9. The number of sulfonamides is 1. The number of hydrogen-bond donors (Lipinski definition) is 1. The van der Waals surface area contributed by atoms with Crippen LogP contribution in [0.3, 0.4) is 0 Å². The number of carbonyl (C=O) groups excluding carboxylic acids is 1. The quantitative estimate of drug-likeness (QED) is 0.848. The van der Waals surface area contributed by atoms with E-state index in [9.17, 15) is 13.2 Å². The number of nitrogens with one attached hydrogen (secondary N) is 1. The smallest absolute Gasteiger partial charge is 0.242 e. The average Bonchev–Trinajstić information content (AvgIpc) is 3.44. The van der Waals surface area contributed by atoms with Gasteiger partial charge in [0, 0.05) is 14.1 Å². The Labute approximate surface area is 155 Å². The third kappa shape index (κ3) is 3.39. The van der Waals surface area contributed by atoms with E-state index in [1.807, 2.05) is 37.3 Å². The SMILES string of the molecule is CC(NC(=O)C1(c2ccccc2)CC1)c1ccc(S(=O)(=O)N(C)C)cc1. The second-order valence-electron chi connectivity index (χ2n) is 7.00. The van der Waals surface area contributed by atoms with Crippen molar-refractivity contribution in [1.29, 1.82) is 0 Å². The van der Waals surface area contributed by atoms with Crippen LogP contribution >= 0.6 is 0 Å². The standard InChI is InChI=1S/C20H24N2O3S/c1-15(16-9-11-18(12-10-16)26(24,25)22(2)3)21-19(23)20(13-14-20)17-7-5-4-6-8-17/h4-12,15H,13-14H2,1-3H3,(H,21,23). The summed E-state index contributed by atoms with van der Waals surface area (Å²) in [6.45, 7) is 1.91. The van der Waals surface area contributed by atoms with Gasteiger partial charge in [-0.25, -0.2) is 12.7 Å². The maximum absolute atomic E-state index is 12.8. The first-order valence-corrected chi connectivity index (χ1v) is 10.1. The van der Waals surface area contributed by atoms with Gasteiger partial charge in [0.2, 0.25) is 15.9 Å². The van der Waals surface area contributed by atoms with Crippen LogP contribution in [0.2, 0.25) is 0 Å². The maximum atomic E-state index is 12.8. The molecule has 6 heteroatoms. The first-order chi connectivity index (χ1) is 12.3. The Morgan fingerprint density at radius 2 is 1.62 bits per heavy atom. The van der Waals surface area contributed by atoms with Gasteiger partial charge in [0.1, 0.15) is 0 Å². The number of rotatable bonds is 6. The Hall–Kier alpha value is -2.18. The highest BCUT2D eigenvalue weighted by Gasteiger charge is 2.51. The molecule has 1 aliphatic carbocycles. The van der Waals surface area contributed by atoms with Gasteiger partial charge in [0.25, 0.3) is 0 Å². The summed E-state index contributed by atoms with van der Waals surface area (Å²) in [5.41, 5.74) is 1.51. The van der Waals surface area contributed by atoms with E-state index in [0.717, 1.165) is 24.0 Å². The van der Waals surface area contributed by atoms with Gasteiger partial charge in [0.15, 0.2) is 0 Å². The second-order valence-corrected chi connectivity index (χ2v) is 9.15. The number of amides is 1. The molecule has 1 atom stereocenters. The molecule has 1 fully saturated rings. The van der Waals surface area contributed by atoms with Crippen molar-refractivity contribution in [2.75, 3.05) is 14.1 Å². The van der Waals surface area contributed by atoms with Crippen molar-refractivity contribution in [2.45, 2.75) is 36.1 Å². The average molecular weight is 372 g/mol. The van der Waals surface area contributed by atoms with E-state index in [2.05, 4.69) is 5.32 Å². The highest BCUT2D eigenvalue weighted by molar-refractivity contribution is 7.89. The van der Waals surface area contributed by atoms with Crippen molar-refractivity contribution < 1.29 is 13.2 Å². The first-order valence-electron chi connectivity index (χ1n) is 8.66. The van der Waals surface area contributed by atoms with E-state index in [1.165, 1.54) is 18.4 Å². The zero-order valence-corrected chi connectivity index (χ0v) is 16.1. The summed E-state index contributed by atoms with van der Waals surface area (Å²) in [7, 11) is -0.436. The van der Waals surface area contributed by atoms with Crippen LogP contribution in [0, 0.1) is 0 Å². The molecule has 1 amide bonds. The van der Waals surface area contributed by atoms with Gasteiger partial charge in [-0.05, 0) is 43.0 Å². The van der Waals surface area contributed by atoms with Crippen molar-refractivity contribution in [3.8, 4) is 0 Å². The highest BCUT2D eigenvalue weighted by Crippen LogP contribution is 2.48. The number of nitrogens with zero attached hydrogens (tertiary/aromatic N) is 1. The molecule has 0 aromatic heterocycles. The lowest BCUT2D eigenvalue weighted by molar-refractivity contribution is -0.124. The van der Waals surface area contributed by atoms with Gasteiger partial charge in [-0.15, -0.1) is 0 Å². The molecular formula is C20H24N2O3S. The summed E-state index contributed by atoms with van der Waals surface area (Å²) in [6, 6.07) is 16.3. The molecule has 0 aliphatic heterocycles. The lowest BCUT2D eigenvalue weighted by atomic mass is 9.94. The van der Waals surface area contributed by atoms with E-state index in [-0.39, 0.29) is 16.8 Å². The Bertz CT molecular complexity index is 886. The Kier molecular flexibility index (Phi) is 4.90. The van der Waals surface area contributed by atoms with Crippen LogP contribution in [-0.2, 0) is 20.2 Å². The summed E-state index contributed by atoms with van der Waals surface area (Å²) in [6.07, 6.45) is 1.71. The van der Waals surface area contributed by atoms with Gasteiger partial charge >= 0.3 is 0 Å². The first kappa shape index (κ1) is 18.6. The minimum Gasteiger partial charge on any atom is -0.349 e. The van der Waals surface area contributed by atoms with Crippen LogP contribution in [0.1, 0.15) is 36.9 Å². The van der Waals surface area contributed by atoms with E-state index in [0.29, 0.717) is 0 Å². The van der Waals surface area contributed by atoms with E-state index >= 15 is 0 Å². The number of hydrogen-bond acceptors (Lipinski definition) is 3. The van der Waals surface area contributed by atoms with Crippen LogP contribution < -0.4 is 5.32 Å². The molecule has 5 nitrogen and oxygen atoms in total. The molecule has 2 aromatic rings. The predicted octanol–water partition coefficient (Wildman–Crippen LogP) is 2.85. The lowest BCUT2D eigenvalue weighted by Gasteiger charge is -2.21. The molecule has 138 valence electrons. The van der Waals surface area contributed by atoms with Crippen molar-refractivity contribution in [3.05, 3.63) is 65.7 Å². The summed E-state index contributed by atoms with van der Waals surface area (Å²) in [5.74, 6) is 0.0289. The van der Waals surface area contributed by atoms with Crippen molar-refractivity contribution >= 4 is 15.9 Å². The molecule has 1 N–H and O–H groups in total. The van der Waals surface area contributed by atoms with Crippen LogP contribution in [-0.4, -0.2) is 32.7 Å². The molecule has 2 aromatic carbocycles. The van der Waals surface area contributed by atoms with Crippen LogP contribution in [0.25, 0.3) is 0 Å². The maximum Gasteiger partial charge on any atom is 0.242 e. The molecule has 0 saturated heterocycles. The van der Waals surface area contributed by atoms with Crippen LogP contribution in [0.15, 0.2) is 59.5 Å². The fourth-order valence-electron chi connectivity index (χ4n) is 3.09. The fourth-order valence-corrected chi connectivity index (χ4v) is 3.99. The molecule has 0 bridgehead atoms. The number of benzene rings is 2. The third-order valence-electron chi connectivity index (χ3n) is 5.02. The van der Waals surface area contributed by atoms with Crippen LogP contribution in [0.4, 0.5) is 0 Å². The van der Waals surface area contributed by atoms with Crippen LogP contribution in [0.5, 0.6) is 0 Å². The van der Waals surface area contributed by atoms with Crippen molar-refractivity contribution in [1.82, 2.24) is 9.62 Å². The van der Waals surface area contributed by atoms with E-state index in [4.69, 9.17) is 0 Å². The predicted molar refractivity (Wildman–Crippen MR) is 101 cm³/mol. The topological polar surface area (TPSA) is 66.5 Å². The summed E-state index contributed by atoms with van der Waals surface area (Å²) in [4.78, 5) is 13.1. The summed E-state index contributed by atoms with van der Waals surface area (Å²) in [5, 5.41) is 3.08. The van der Waals surface area contributed by atoms with Gasteiger partial charge in [-0.1, -0.05) is 42.5 Å². The van der Waals surface area contributed by atoms with E-state index < -0.39 is 15.4 Å². The Balaban J connectivity index is 1.73. The van der Waals surface area contributed by atoms with E-state index in [1.54, 1.807) is 24.3 Å². The van der Waals surface area contributed by atoms with Gasteiger partial charge in [0.05, 0.1) is 16.4 Å².